The predicted octanol–water partition coefficient (Wildman–Crippen LogP) is 5.39. The van der Waals surface area contributed by atoms with Crippen molar-refractivity contribution < 1.29 is 9.50 Å². The Hall–Kier alpha value is -0.640. The number of halogens is 2. The van der Waals surface area contributed by atoms with Crippen LogP contribution in [0.1, 0.15) is 64.1 Å². The third kappa shape index (κ3) is 4.71. The zero-order valence-electron chi connectivity index (χ0n) is 15.0. The molecule has 1 N–H and O–H groups in total. The minimum absolute atomic E-state index is 0.0293. The summed E-state index contributed by atoms with van der Waals surface area (Å²) < 4.78 is 15.3. The van der Waals surface area contributed by atoms with E-state index in [2.05, 4.69) is 18.7 Å². The molecule has 2 nitrogen and oxygen atoms in total. The third-order valence-electron chi connectivity index (χ3n) is 5.23. The van der Waals surface area contributed by atoms with Gasteiger partial charge in [-0.15, -0.1) is 0 Å². The van der Waals surface area contributed by atoms with Crippen LogP contribution in [-0.4, -0.2) is 35.2 Å². The molecular weight excluding hydrogens is 325 g/mol. The number of nitrogens with zero attached hydrogens (tertiary/aromatic N) is 1. The number of aliphatic hydroxyl groups is 1. The third-order valence-corrected chi connectivity index (χ3v) is 5.46. The summed E-state index contributed by atoms with van der Waals surface area (Å²) in [5.41, 5.74) is -0.794. The van der Waals surface area contributed by atoms with Crippen molar-refractivity contribution in [2.24, 2.45) is 5.92 Å². The zero-order chi connectivity index (χ0) is 17.6. The molecule has 1 aromatic rings. The number of hydrogen-bond donors (Lipinski definition) is 1. The Balaban J connectivity index is 2.19. The molecule has 2 rings (SSSR count). The van der Waals surface area contributed by atoms with E-state index in [0.29, 0.717) is 17.0 Å². The molecule has 1 aromatic carbocycles. The van der Waals surface area contributed by atoms with Crippen molar-refractivity contribution in [3.63, 3.8) is 0 Å². The largest absolute Gasteiger partial charge is 0.386 e. The maximum Gasteiger partial charge on any atom is 0.154 e. The summed E-state index contributed by atoms with van der Waals surface area (Å²) in [5, 5.41) is 11.8. The van der Waals surface area contributed by atoms with Crippen LogP contribution in [0.3, 0.4) is 0 Å². The van der Waals surface area contributed by atoms with Gasteiger partial charge in [0.15, 0.2) is 6.17 Å². The van der Waals surface area contributed by atoms with Gasteiger partial charge in [-0.05, 0) is 56.5 Å². The summed E-state index contributed by atoms with van der Waals surface area (Å²) in [5.74, 6) is -0.0293. The van der Waals surface area contributed by atoms with Gasteiger partial charge in [-0.1, -0.05) is 50.4 Å². The lowest BCUT2D eigenvalue weighted by molar-refractivity contribution is -0.114. The van der Waals surface area contributed by atoms with E-state index in [1.54, 1.807) is 24.3 Å². The Bertz CT molecular complexity index is 506. The molecular formula is C20H31ClFNO. The Morgan fingerprint density at radius 2 is 2.00 bits per heavy atom. The van der Waals surface area contributed by atoms with Crippen molar-refractivity contribution in [3.05, 3.63) is 34.9 Å². The first kappa shape index (κ1) is 19.7. The lowest BCUT2D eigenvalue weighted by Gasteiger charge is -2.44. The molecule has 0 saturated heterocycles. The molecule has 4 heteroatoms. The summed E-state index contributed by atoms with van der Waals surface area (Å²) in [6.45, 7) is 7.13. The average Bonchev–Trinajstić information content (AvgIpc) is 2.57. The average molecular weight is 356 g/mol. The standard InChI is InChI=1S/C20H31ClFNO/c1-3-12-23(13-4-2)15-17-9-5-6-11-20(17,24)19(22)16-8-7-10-18(21)14-16/h7-8,10,14,17,19,24H,3-6,9,11-13,15H2,1-2H3/t17-,19?,20+/m0/s1. The molecule has 3 atom stereocenters. The first-order valence-electron chi connectivity index (χ1n) is 9.35. The topological polar surface area (TPSA) is 23.5 Å². The van der Waals surface area contributed by atoms with Crippen molar-refractivity contribution in [2.45, 2.75) is 64.1 Å². The molecule has 136 valence electrons. The molecule has 24 heavy (non-hydrogen) atoms. The fourth-order valence-corrected chi connectivity index (χ4v) is 4.23. The normalized spacial score (nSPS) is 25.8. The maximum absolute atomic E-state index is 15.3. The van der Waals surface area contributed by atoms with Crippen LogP contribution in [0.2, 0.25) is 5.02 Å². The molecule has 1 fully saturated rings. The van der Waals surface area contributed by atoms with Crippen LogP contribution in [0.5, 0.6) is 0 Å². The molecule has 0 spiro atoms. The number of alkyl halides is 1. The first-order chi connectivity index (χ1) is 11.5. The SMILES string of the molecule is CCCN(CCC)C[C@@H]1CCCC[C@]1(O)C(F)c1cccc(Cl)c1. The van der Waals surface area contributed by atoms with Crippen LogP contribution in [0.25, 0.3) is 0 Å². The quantitative estimate of drug-likeness (QED) is 0.675. The number of benzene rings is 1. The lowest BCUT2D eigenvalue weighted by Crippen LogP contribution is -2.49. The van der Waals surface area contributed by atoms with Gasteiger partial charge in [0.1, 0.15) is 5.60 Å². The van der Waals surface area contributed by atoms with E-state index in [1.165, 1.54) is 0 Å². The van der Waals surface area contributed by atoms with Gasteiger partial charge in [0.2, 0.25) is 0 Å². The maximum atomic E-state index is 15.3. The molecule has 0 radical (unpaired) electrons. The van der Waals surface area contributed by atoms with Crippen molar-refractivity contribution in [2.75, 3.05) is 19.6 Å². The van der Waals surface area contributed by atoms with Gasteiger partial charge in [0.25, 0.3) is 0 Å². The van der Waals surface area contributed by atoms with Crippen molar-refractivity contribution in [1.29, 1.82) is 0 Å². The lowest BCUT2D eigenvalue weighted by atomic mass is 9.71. The minimum atomic E-state index is -1.38. The molecule has 1 aliphatic rings. The summed E-state index contributed by atoms with van der Waals surface area (Å²) in [6, 6.07) is 6.87. The van der Waals surface area contributed by atoms with Crippen molar-refractivity contribution in [1.82, 2.24) is 4.90 Å². The van der Waals surface area contributed by atoms with Gasteiger partial charge in [-0.3, -0.25) is 0 Å². The summed E-state index contributed by atoms with van der Waals surface area (Å²) in [6.07, 6.45) is 4.15. The highest BCUT2D eigenvalue weighted by molar-refractivity contribution is 6.30. The van der Waals surface area contributed by atoms with E-state index in [-0.39, 0.29) is 5.92 Å². The molecule has 1 unspecified atom stereocenters. The molecule has 0 aliphatic heterocycles. The summed E-state index contributed by atoms with van der Waals surface area (Å²) in [4.78, 5) is 2.38. The molecule has 0 aromatic heterocycles. The molecule has 0 heterocycles. The van der Waals surface area contributed by atoms with E-state index in [1.807, 2.05) is 0 Å². The second-order valence-corrected chi connectivity index (χ2v) is 7.59. The molecule has 0 bridgehead atoms. The molecule has 1 saturated carbocycles. The van der Waals surface area contributed by atoms with Crippen molar-refractivity contribution in [3.8, 4) is 0 Å². The highest BCUT2D eigenvalue weighted by atomic mass is 35.5. The second kappa shape index (κ2) is 9.17. The van der Waals surface area contributed by atoms with Crippen LogP contribution in [0.4, 0.5) is 4.39 Å². The molecule has 0 amide bonds. The highest BCUT2D eigenvalue weighted by Crippen LogP contribution is 2.45. The van der Waals surface area contributed by atoms with Crippen LogP contribution in [0, 0.1) is 5.92 Å². The fourth-order valence-electron chi connectivity index (χ4n) is 4.03. The minimum Gasteiger partial charge on any atom is -0.386 e. The van der Waals surface area contributed by atoms with Crippen LogP contribution < -0.4 is 0 Å². The Kier molecular flexibility index (Phi) is 7.52. The predicted molar refractivity (Wildman–Crippen MR) is 99.2 cm³/mol. The molecule has 1 aliphatic carbocycles. The Morgan fingerprint density at radius 3 is 2.62 bits per heavy atom. The van der Waals surface area contributed by atoms with Gasteiger partial charge >= 0.3 is 0 Å². The van der Waals surface area contributed by atoms with Crippen LogP contribution >= 0.6 is 11.6 Å². The highest BCUT2D eigenvalue weighted by Gasteiger charge is 2.46. The van der Waals surface area contributed by atoms with Gasteiger partial charge in [-0.2, -0.15) is 0 Å². The number of hydrogen-bond acceptors (Lipinski definition) is 2. The van der Waals surface area contributed by atoms with E-state index < -0.39 is 11.8 Å². The van der Waals surface area contributed by atoms with Gasteiger partial charge < -0.3 is 10.0 Å². The first-order valence-corrected chi connectivity index (χ1v) is 9.73. The van der Waals surface area contributed by atoms with Gasteiger partial charge in [0.05, 0.1) is 0 Å². The second-order valence-electron chi connectivity index (χ2n) is 7.15. The zero-order valence-corrected chi connectivity index (χ0v) is 15.7. The van der Waals surface area contributed by atoms with Crippen molar-refractivity contribution >= 4 is 11.6 Å². The van der Waals surface area contributed by atoms with E-state index in [0.717, 1.165) is 51.7 Å². The van der Waals surface area contributed by atoms with Crippen LogP contribution in [-0.2, 0) is 0 Å². The van der Waals surface area contributed by atoms with Gasteiger partial charge in [0, 0.05) is 17.5 Å². The van der Waals surface area contributed by atoms with E-state index >= 15 is 4.39 Å². The van der Waals surface area contributed by atoms with Crippen LogP contribution in [0.15, 0.2) is 24.3 Å². The Labute approximate surface area is 151 Å². The number of rotatable bonds is 8. The van der Waals surface area contributed by atoms with E-state index in [4.69, 9.17) is 11.6 Å². The monoisotopic (exact) mass is 355 g/mol. The summed E-state index contributed by atoms with van der Waals surface area (Å²) >= 11 is 6.02. The summed E-state index contributed by atoms with van der Waals surface area (Å²) in [7, 11) is 0. The smallest absolute Gasteiger partial charge is 0.154 e. The van der Waals surface area contributed by atoms with Gasteiger partial charge in [-0.25, -0.2) is 4.39 Å². The Morgan fingerprint density at radius 1 is 1.29 bits per heavy atom. The van der Waals surface area contributed by atoms with E-state index in [9.17, 15) is 5.11 Å². The fraction of sp³-hybridized carbons (Fsp3) is 0.700.